The number of hydrogen-bond donors (Lipinski definition) is 2. The zero-order valence-corrected chi connectivity index (χ0v) is 8.14. The van der Waals surface area contributed by atoms with Gasteiger partial charge in [0.1, 0.15) is 0 Å². The summed E-state index contributed by atoms with van der Waals surface area (Å²) in [5.41, 5.74) is -2.28. The lowest BCUT2D eigenvalue weighted by Gasteiger charge is -2.04. The van der Waals surface area contributed by atoms with Crippen molar-refractivity contribution in [3.05, 3.63) is 32.2 Å². The smallest absolute Gasteiger partial charge is 0.338 e. The predicted molar refractivity (Wildman–Crippen MR) is 46.7 cm³/mol. The summed E-state index contributed by atoms with van der Waals surface area (Å²) in [6, 6.07) is 0. The zero-order chi connectivity index (χ0) is 10.9. The van der Waals surface area contributed by atoms with Gasteiger partial charge in [0.15, 0.2) is 0 Å². The fourth-order valence-corrected chi connectivity index (χ4v) is 1.51. The van der Waals surface area contributed by atoms with Crippen molar-refractivity contribution in [2.75, 3.05) is 0 Å². The van der Waals surface area contributed by atoms with Crippen molar-refractivity contribution in [2.24, 2.45) is 0 Å². The van der Waals surface area contributed by atoms with Crippen LogP contribution in [0, 0.1) is 0 Å². The van der Waals surface area contributed by atoms with Crippen molar-refractivity contribution in [1.29, 1.82) is 0 Å². The Labute approximate surface area is 84.7 Å². The van der Waals surface area contributed by atoms with Gasteiger partial charge in [-0.3, -0.25) is 4.79 Å². The molecular formula is C7H4BrF2NO3. The van der Waals surface area contributed by atoms with E-state index in [2.05, 4.69) is 15.9 Å². The highest BCUT2D eigenvalue weighted by molar-refractivity contribution is 9.10. The van der Waals surface area contributed by atoms with Gasteiger partial charge in [-0.1, -0.05) is 0 Å². The molecule has 0 atom stereocenters. The standard InChI is InChI=1S/C7H4BrF2NO3/c8-4-2(7(13)14)1-11-6(12)3(4)5(9)10/h1,5H,(H,11,12)(H,13,14). The first-order valence-electron chi connectivity index (χ1n) is 3.37. The molecule has 0 aromatic carbocycles. The molecule has 76 valence electrons. The number of carbonyl (C=O) groups is 1. The van der Waals surface area contributed by atoms with Crippen LogP contribution in [0.15, 0.2) is 15.5 Å². The predicted octanol–water partition coefficient (Wildman–Crippen LogP) is 1.77. The van der Waals surface area contributed by atoms with E-state index in [0.29, 0.717) is 0 Å². The fourth-order valence-electron chi connectivity index (χ4n) is 0.874. The second kappa shape index (κ2) is 3.87. The SMILES string of the molecule is O=C(O)c1c[nH]c(=O)c(C(F)F)c1Br. The second-order valence-corrected chi connectivity index (χ2v) is 3.16. The third kappa shape index (κ3) is 1.82. The van der Waals surface area contributed by atoms with Gasteiger partial charge in [-0.15, -0.1) is 0 Å². The van der Waals surface area contributed by atoms with E-state index in [4.69, 9.17) is 5.11 Å². The van der Waals surface area contributed by atoms with Gasteiger partial charge in [0.2, 0.25) is 0 Å². The number of alkyl halides is 2. The number of carboxylic acid groups (broad SMARTS) is 1. The topological polar surface area (TPSA) is 70.2 Å². The highest BCUT2D eigenvalue weighted by Gasteiger charge is 2.21. The van der Waals surface area contributed by atoms with Gasteiger partial charge >= 0.3 is 5.97 Å². The first-order valence-corrected chi connectivity index (χ1v) is 4.17. The average Bonchev–Trinajstić information content (AvgIpc) is 2.02. The number of halogens is 3. The number of H-pyrrole nitrogens is 1. The van der Waals surface area contributed by atoms with Crippen LogP contribution in [-0.4, -0.2) is 16.1 Å². The number of hydrogen-bond acceptors (Lipinski definition) is 2. The van der Waals surface area contributed by atoms with Crippen LogP contribution in [0.3, 0.4) is 0 Å². The number of aromatic carboxylic acids is 1. The van der Waals surface area contributed by atoms with E-state index < -0.39 is 29.1 Å². The molecule has 0 aliphatic carbocycles. The number of aromatic nitrogens is 1. The van der Waals surface area contributed by atoms with Crippen LogP contribution in [0.25, 0.3) is 0 Å². The second-order valence-electron chi connectivity index (χ2n) is 2.36. The number of carboxylic acids is 1. The van der Waals surface area contributed by atoms with Gasteiger partial charge < -0.3 is 10.1 Å². The Morgan fingerprint density at radius 3 is 2.57 bits per heavy atom. The number of aromatic amines is 1. The molecular weight excluding hydrogens is 264 g/mol. The van der Waals surface area contributed by atoms with Gasteiger partial charge in [-0.05, 0) is 15.9 Å². The summed E-state index contributed by atoms with van der Waals surface area (Å²) in [6.45, 7) is 0. The summed E-state index contributed by atoms with van der Waals surface area (Å²) >= 11 is 2.65. The van der Waals surface area contributed by atoms with Crippen molar-refractivity contribution in [2.45, 2.75) is 6.43 Å². The molecule has 4 nitrogen and oxygen atoms in total. The lowest BCUT2D eigenvalue weighted by Crippen LogP contribution is -2.16. The minimum Gasteiger partial charge on any atom is -0.478 e. The Kier molecular flexibility index (Phi) is 3.00. The molecule has 0 aliphatic rings. The molecule has 7 heteroatoms. The van der Waals surface area contributed by atoms with E-state index in [1.807, 2.05) is 4.98 Å². The van der Waals surface area contributed by atoms with Crippen LogP contribution < -0.4 is 5.56 Å². The molecule has 1 heterocycles. The minimum atomic E-state index is -3.02. The molecule has 0 aliphatic heterocycles. The molecule has 0 saturated heterocycles. The van der Waals surface area contributed by atoms with E-state index >= 15 is 0 Å². The van der Waals surface area contributed by atoms with Crippen LogP contribution in [0.2, 0.25) is 0 Å². The Bertz CT molecular complexity index is 429. The van der Waals surface area contributed by atoms with E-state index in [1.54, 1.807) is 0 Å². The average molecular weight is 268 g/mol. The van der Waals surface area contributed by atoms with Crippen molar-refractivity contribution >= 4 is 21.9 Å². The van der Waals surface area contributed by atoms with Gasteiger partial charge in [0.05, 0.1) is 11.1 Å². The maximum atomic E-state index is 12.3. The molecule has 1 aromatic rings. The van der Waals surface area contributed by atoms with Gasteiger partial charge in [-0.25, -0.2) is 13.6 Å². The monoisotopic (exact) mass is 267 g/mol. The zero-order valence-electron chi connectivity index (χ0n) is 6.55. The quantitative estimate of drug-likeness (QED) is 0.858. The summed E-state index contributed by atoms with van der Waals surface area (Å²) in [6.07, 6.45) is -2.16. The van der Waals surface area contributed by atoms with Crippen LogP contribution in [0.5, 0.6) is 0 Å². The van der Waals surface area contributed by atoms with Crippen molar-refractivity contribution in [3.8, 4) is 0 Å². The highest BCUT2D eigenvalue weighted by atomic mass is 79.9. The third-order valence-corrected chi connectivity index (χ3v) is 2.37. The largest absolute Gasteiger partial charge is 0.478 e. The van der Waals surface area contributed by atoms with Gasteiger partial charge in [0.25, 0.3) is 12.0 Å². The molecule has 14 heavy (non-hydrogen) atoms. The molecule has 0 bridgehead atoms. The Balaban J connectivity index is 3.49. The van der Waals surface area contributed by atoms with E-state index in [1.165, 1.54) is 0 Å². The molecule has 0 amide bonds. The van der Waals surface area contributed by atoms with Gasteiger partial charge in [-0.2, -0.15) is 0 Å². The Hall–Kier alpha value is -1.24. The summed E-state index contributed by atoms with van der Waals surface area (Å²) in [7, 11) is 0. The first kappa shape index (κ1) is 10.8. The summed E-state index contributed by atoms with van der Waals surface area (Å²) in [4.78, 5) is 23.3. The number of rotatable bonds is 2. The van der Waals surface area contributed by atoms with Gasteiger partial charge in [0, 0.05) is 10.7 Å². The Morgan fingerprint density at radius 2 is 2.14 bits per heavy atom. The van der Waals surface area contributed by atoms with Crippen LogP contribution >= 0.6 is 15.9 Å². The maximum Gasteiger partial charge on any atom is 0.338 e. The molecule has 0 fully saturated rings. The lowest BCUT2D eigenvalue weighted by molar-refractivity contribution is 0.0694. The van der Waals surface area contributed by atoms with Crippen LogP contribution in [0.4, 0.5) is 8.78 Å². The molecule has 1 rings (SSSR count). The van der Waals surface area contributed by atoms with E-state index in [-0.39, 0.29) is 4.47 Å². The summed E-state index contributed by atoms with van der Waals surface area (Å²) < 4.78 is 24.2. The lowest BCUT2D eigenvalue weighted by atomic mass is 10.2. The summed E-state index contributed by atoms with van der Waals surface area (Å²) in [5, 5.41) is 8.57. The molecule has 2 N–H and O–H groups in total. The molecule has 0 saturated carbocycles. The van der Waals surface area contributed by atoms with Crippen LogP contribution in [0.1, 0.15) is 22.3 Å². The Morgan fingerprint density at radius 1 is 1.57 bits per heavy atom. The van der Waals surface area contributed by atoms with Crippen molar-refractivity contribution in [1.82, 2.24) is 4.98 Å². The van der Waals surface area contributed by atoms with E-state index in [0.717, 1.165) is 6.20 Å². The number of pyridine rings is 1. The third-order valence-electron chi connectivity index (χ3n) is 1.51. The van der Waals surface area contributed by atoms with Crippen molar-refractivity contribution in [3.63, 3.8) is 0 Å². The number of nitrogens with one attached hydrogen (secondary N) is 1. The minimum absolute atomic E-state index is 0.385. The van der Waals surface area contributed by atoms with E-state index in [9.17, 15) is 18.4 Å². The molecule has 0 radical (unpaired) electrons. The molecule has 1 aromatic heterocycles. The molecule has 0 spiro atoms. The normalized spacial score (nSPS) is 10.6. The van der Waals surface area contributed by atoms with Crippen LogP contribution in [-0.2, 0) is 0 Å². The fraction of sp³-hybridized carbons (Fsp3) is 0.143. The summed E-state index contributed by atoms with van der Waals surface area (Å²) in [5.74, 6) is -1.39. The maximum absolute atomic E-state index is 12.3. The van der Waals surface area contributed by atoms with Crippen molar-refractivity contribution < 1.29 is 18.7 Å². The first-order chi connectivity index (χ1) is 6.45. The molecule has 0 unspecified atom stereocenters. The highest BCUT2D eigenvalue weighted by Crippen LogP contribution is 2.26.